The number of nitrogens with zero attached hydrogens (tertiary/aromatic N) is 4. The van der Waals surface area contributed by atoms with Crippen LogP contribution >= 0.6 is 11.6 Å². The summed E-state index contributed by atoms with van der Waals surface area (Å²) in [6, 6.07) is 5.95. The minimum Gasteiger partial charge on any atom is -0.368 e. The Bertz CT molecular complexity index is 776. The quantitative estimate of drug-likeness (QED) is 0.839. The lowest BCUT2D eigenvalue weighted by molar-refractivity contribution is 0.0745. The third kappa shape index (κ3) is 3.00. The average Bonchev–Trinajstić information content (AvgIpc) is 2.82. The van der Waals surface area contributed by atoms with E-state index in [-0.39, 0.29) is 5.91 Å². The molecule has 2 aromatic rings. The fraction of sp³-hybridized carbons (Fsp3) is 0.444. The van der Waals surface area contributed by atoms with Gasteiger partial charge in [-0.15, -0.1) is 0 Å². The van der Waals surface area contributed by atoms with E-state index in [9.17, 15) is 4.79 Å². The Morgan fingerprint density at radius 3 is 2.38 bits per heavy atom. The summed E-state index contributed by atoms with van der Waals surface area (Å²) in [5, 5.41) is 5.10. The lowest BCUT2D eigenvalue weighted by Crippen LogP contribution is -2.49. The molecular formula is C18H23ClN4O. The van der Waals surface area contributed by atoms with Crippen molar-refractivity contribution in [2.24, 2.45) is 7.05 Å². The summed E-state index contributed by atoms with van der Waals surface area (Å²) < 4.78 is 1.77. The van der Waals surface area contributed by atoms with Gasteiger partial charge in [0.25, 0.3) is 5.91 Å². The SMILES string of the molecule is Cc1ccc(Cl)cc1N1CCN(C(=O)c2c(C)nn(C)c2C)CC1. The van der Waals surface area contributed by atoms with Crippen LogP contribution in [-0.2, 0) is 7.05 Å². The summed E-state index contributed by atoms with van der Waals surface area (Å²) in [6.45, 7) is 8.96. The van der Waals surface area contributed by atoms with Crippen LogP contribution in [0.2, 0.25) is 5.02 Å². The summed E-state index contributed by atoms with van der Waals surface area (Å²) in [5.41, 5.74) is 4.82. The van der Waals surface area contributed by atoms with Crippen LogP contribution in [0, 0.1) is 20.8 Å². The maximum atomic E-state index is 12.9. The molecule has 0 N–H and O–H groups in total. The highest BCUT2D eigenvalue weighted by Gasteiger charge is 2.26. The number of aryl methyl sites for hydroxylation is 3. The van der Waals surface area contributed by atoms with Gasteiger partial charge in [-0.05, 0) is 38.5 Å². The first kappa shape index (κ1) is 16.8. The number of rotatable bonds is 2. The molecule has 5 nitrogen and oxygen atoms in total. The second-order valence-electron chi connectivity index (χ2n) is 6.38. The Morgan fingerprint density at radius 1 is 1.12 bits per heavy atom. The summed E-state index contributed by atoms with van der Waals surface area (Å²) in [5.74, 6) is 0.0839. The van der Waals surface area contributed by atoms with Gasteiger partial charge in [-0.25, -0.2) is 0 Å². The maximum absolute atomic E-state index is 12.9. The topological polar surface area (TPSA) is 41.4 Å². The number of anilines is 1. The van der Waals surface area contributed by atoms with E-state index in [4.69, 9.17) is 11.6 Å². The van der Waals surface area contributed by atoms with Crippen LogP contribution < -0.4 is 4.90 Å². The predicted octanol–water partition coefficient (Wildman–Crippen LogP) is 2.96. The van der Waals surface area contributed by atoms with E-state index >= 15 is 0 Å². The van der Waals surface area contributed by atoms with Gasteiger partial charge in [0.15, 0.2) is 0 Å². The lowest BCUT2D eigenvalue weighted by Gasteiger charge is -2.37. The fourth-order valence-corrected chi connectivity index (χ4v) is 3.48. The average molecular weight is 347 g/mol. The van der Waals surface area contributed by atoms with E-state index in [2.05, 4.69) is 16.9 Å². The van der Waals surface area contributed by atoms with Gasteiger partial charge in [0.05, 0.1) is 11.3 Å². The van der Waals surface area contributed by atoms with Gasteiger partial charge in [-0.2, -0.15) is 5.10 Å². The van der Waals surface area contributed by atoms with Gasteiger partial charge in [0.2, 0.25) is 0 Å². The number of amides is 1. The van der Waals surface area contributed by atoms with Crippen molar-refractivity contribution < 1.29 is 4.79 Å². The summed E-state index contributed by atoms with van der Waals surface area (Å²) >= 11 is 6.13. The molecule has 0 spiro atoms. The van der Waals surface area contributed by atoms with E-state index in [1.165, 1.54) is 5.56 Å². The van der Waals surface area contributed by atoms with Gasteiger partial charge in [0.1, 0.15) is 0 Å². The van der Waals surface area contributed by atoms with Crippen LogP contribution in [0.5, 0.6) is 0 Å². The minimum absolute atomic E-state index is 0.0839. The van der Waals surface area contributed by atoms with Gasteiger partial charge >= 0.3 is 0 Å². The zero-order valence-electron chi connectivity index (χ0n) is 14.6. The molecule has 0 radical (unpaired) electrons. The summed E-state index contributed by atoms with van der Waals surface area (Å²) in [7, 11) is 1.87. The van der Waals surface area contributed by atoms with E-state index in [1.54, 1.807) is 4.68 Å². The molecule has 1 aromatic carbocycles. The molecule has 1 amide bonds. The van der Waals surface area contributed by atoms with Gasteiger partial charge in [-0.3, -0.25) is 9.48 Å². The summed E-state index contributed by atoms with van der Waals surface area (Å²) in [4.78, 5) is 17.1. The fourth-order valence-electron chi connectivity index (χ4n) is 3.31. The molecule has 1 aliphatic rings. The van der Waals surface area contributed by atoms with E-state index in [0.717, 1.165) is 40.8 Å². The molecule has 128 valence electrons. The van der Waals surface area contributed by atoms with Crippen LogP contribution in [0.1, 0.15) is 27.3 Å². The molecule has 0 saturated carbocycles. The Kier molecular flexibility index (Phi) is 4.54. The zero-order chi connectivity index (χ0) is 17.4. The molecule has 0 atom stereocenters. The van der Waals surface area contributed by atoms with E-state index in [1.807, 2.05) is 44.0 Å². The normalized spacial score (nSPS) is 15.0. The third-order valence-electron chi connectivity index (χ3n) is 4.80. The molecule has 0 unspecified atom stereocenters. The highest BCUT2D eigenvalue weighted by molar-refractivity contribution is 6.30. The molecule has 1 fully saturated rings. The van der Waals surface area contributed by atoms with Crippen molar-refractivity contribution in [1.29, 1.82) is 0 Å². The standard InChI is InChI=1S/C18H23ClN4O/c1-12-5-6-15(19)11-16(12)22-7-9-23(10-8-22)18(24)17-13(2)20-21(4)14(17)3/h5-6,11H,7-10H2,1-4H3. The van der Waals surface area contributed by atoms with Crippen molar-refractivity contribution in [2.45, 2.75) is 20.8 Å². The molecule has 0 aliphatic carbocycles. The number of aromatic nitrogens is 2. The molecule has 1 aliphatic heterocycles. The number of halogens is 1. The molecular weight excluding hydrogens is 324 g/mol. The van der Waals surface area contributed by atoms with Crippen LogP contribution in [0.15, 0.2) is 18.2 Å². The number of hydrogen-bond donors (Lipinski definition) is 0. The monoisotopic (exact) mass is 346 g/mol. The third-order valence-corrected chi connectivity index (χ3v) is 5.04. The Labute approximate surface area is 147 Å². The van der Waals surface area contributed by atoms with Crippen LogP contribution in [0.4, 0.5) is 5.69 Å². The summed E-state index contributed by atoms with van der Waals surface area (Å²) in [6.07, 6.45) is 0. The Balaban J connectivity index is 1.73. The second kappa shape index (κ2) is 6.48. The van der Waals surface area contributed by atoms with Crippen molar-refractivity contribution in [3.8, 4) is 0 Å². The van der Waals surface area contributed by atoms with Crippen molar-refractivity contribution in [3.63, 3.8) is 0 Å². The highest BCUT2D eigenvalue weighted by Crippen LogP contribution is 2.26. The second-order valence-corrected chi connectivity index (χ2v) is 6.82. The Hall–Kier alpha value is -2.01. The first-order valence-corrected chi connectivity index (χ1v) is 8.57. The van der Waals surface area contributed by atoms with E-state index < -0.39 is 0 Å². The molecule has 0 bridgehead atoms. The number of hydrogen-bond acceptors (Lipinski definition) is 3. The molecule has 1 aromatic heterocycles. The van der Waals surface area contributed by atoms with Crippen LogP contribution in [0.3, 0.4) is 0 Å². The predicted molar refractivity (Wildman–Crippen MR) is 97.0 cm³/mol. The molecule has 24 heavy (non-hydrogen) atoms. The van der Waals surface area contributed by atoms with Gasteiger partial charge in [0, 0.05) is 49.6 Å². The van der Waals surface area contributed by atoms with Crippen molar-refractivity contribution in [3.05, 3.63) is 45.7 Å². The number of piperazine rings is 1. The van der Waals surface area contributed by atoms with Crippen molar-refractivity contribution >= 4 is 23.2 Å². The minimum atomic E-state index is 0.0839. The van der Waals surface area contributed by atoms with Crippen molar-refractivity contribution in [2.75, 3.05) is 31.1 Å². The number of carbonyl (C=O) groups excluding carboxylic acids is 1. The molecule has 1 saturated heterocycles. The number of carbonyl (C=O) groups is 1. The lowest BCUT2D eigenvalue weighted by atomic mass is 10.1. The number of benzene rings is 1. The first-order chi connectivity index (χ1) is 11.4. The van der Waals surface area contributed by atoms with Crippen molar-refractivity contribution in [1.82, 2.24) is 14.7 Å². The molecule has 2 heterocycles. The van der Waals surface area contributed by atoms with E-state index in [0.29, 0.717) is 13.1 Å². The molecule has 3 rings (SSSR count). The van der Waals surface area contributed by atoms with Gasteiger partial charge < -0.3 is 9.80 Å². The van der Waals surface area contributed by atoms with Crippen LogP contribution in [-0.4, -0.2) is 46.8 Å². The first-order valence-electron chi connectivity index (χ1n) is 8.19. The van der Waals surface area contributed by atoms with Crippen LogP contribution in [0.25, 0.3) is 0 Å². The Morgan fingerprint density at radius 2 is 1.79 bits per heavy atom. The highest BCUT2D eigenvalue weighted by atomic mass is 35.5. The van der Waals surface area contributed by atoms with Gasteiger partial charge in [-0.1, -0.05) is 17.7 Å². The smallest absolute Gasteiger partial charge is 0.257 e. The largest absolute Gasteiger partial charge is 0.368 e. The molecule has 6 heteroatoms. The zero-order valence-corrected chi connectivity index (χ0v) is 15.4. The maximum Gasteiger partial charge on any atom is 0.257 e.